The molecule has 0 atom stereocenters. The number of rotatable bonds is 6. The highest BCUT2D eigenvalue weighted by atomic mass is 16.5. The van der Waals surface area contributed by atoms with Crippen molar-refractivity contribution in [2.24, 2.45) is 5.92 Å². The van der Waals surface area contributed by atoms with E-state index in [9.17, 15) is 4.79 Å². The van der Waals surface area contributed by atoms with Gasteiger partial charge in [0.15, 0.2) is 0 Å². The fourth-order valence-electron chi connectivity index (χ4n) is 3.08. The molecule has 1 aliphatic rings. The molecule has 1 saturated carbocycles. The number of methoxy groups -OCH3 is 1. The molecule has 0 bridgehead atoms. The Morgan fingerprint density at radius 2 is 1.84 bits per heavy atom. The van der Waals surface area contributed by atoms with Crippen LogP contribution < -0.4 is 20.7 Å². The van der Waals surface area contributed by atoms with Crippen LogP contribution in [0.4, 0.5) is 21.9 Å². The molecular formula is C19H24N4O2. The van der Waals surface area contributed by atoms with Gasteiger partial charge in [-0.3, -0.25) is 0 Å². The average Bonchev–Trinajstić information content (AvgIpc) is 3.15. The van der Waals surface area contributed by atoms with Gasteiger partial charge < -0.3 is 20.7 Å². The van der Waals surface area contributed by atoms with E-state index in [1.807, 2.05) is 24.3 Å². The van der Waals surface area contributed by atoms with Gasteiger partial charge in [-0.1, -0.05) is 12.8 Å². The fraction of sp³-hybridized carbons (Fsp3) is 0.368. The number of urea groups is 1. The van der Waals surface area contributed by atoms with Crippen LogP contribution >= 0.6 is 0 Å². The summed E-state index contributed by atoms with van der Waals surface area (Å²) in [5.74, 6) is 1.17. The summed E-state index contributed by atoms with van der Waals surface area (Å²) in [6, 6.07) is 10.9. The molecule has 1 aliphatic carbocycles. The molecule has 3 rings (SSSR count). The summed E-state index contributed by atoms with van der Waals surface area (Å²) in [6.45, 7) is 1.02. The van der Waals surface area contributed by atoms with E-state index in [1.165, 1.54) is 32.8 Å². The first kappa shape index (κ1) is 17.1. The first-order valence-electron chi connectivity index (χ1n) is 8.65. The molecule has 0 radical (unpaired) electrons. The molecule has 0 aliphatic heterocycles. The maximum Gasteiger partial charge on any atom is 0.323 e. The average molecular weight is 340 g/mol. The van der Waals surface area contributed by atoms with Crippen molar-refractivity contribution in [3.8, 4) is 5.88 Å². The van der Waals surface area contributed by atoms with Crippen LogP contribution in [-0.2, 0) is 0 Å². The first-order chi connectivity index (χ1) is 12.2. The number of anilines is 3. The lowest BCUT2D eigenvalue weighted by atomic mass is 10.1. The third-order valence-corrected chi connectivity index (χ3v) is 4.43. The van der Waals surface area contributed by atoms with E-state index in [1.54, 1.807) is 18.3 Å². The van der Waals surface area contributed by atoms with Gasteiger partial charge in [-0.05, 0) is 55.2 Å². The highest BCUT2D eigenvalue weighted by molar-refractivity contribution is 6.00. The Morgan fingerprint density at radius 1 is 1.12 bits per heavy atom. The Morgan fingerprint density at radius 3 is 2.56 bits per heavy atom. The maximum atomic E-state index is 12.1. The molecule has 1 heterocycles. The summed E-state index contributed by atoms with van der Waals surface area (Å²) in [5, 5.41) is 9.01. The summed E-state index contributed by atoms with van der Waals surface area (Å²) in [5.41, 5.74) is 2.33. The molecule has 2 aromatic rings. The van der Waals surface area contributed by atoms with Crippen LogP contribution in [-0.4, -0.2) is 24.7 Å². The van der Waals surface area contributed by atoms with Crippen LogP contribution in [0, 0.1) is 5.92 Å². The lowest BCUT2D eigenvalue weighted by molar-refractivity contribution is 0.262. The topological polar surface area (TPSA) is 75.3 Å². The van der Waals surface area contributed by atoms with E-state index < -0.39 is 0 Å². The predicted octanol–water partition coefficient (Wildman–Crippen LogP) is 4.34. The molecule has 25 heavy (non-hydrogen) atoms. The number of benzene rings is 1. The van der Waals surface area contributed by atoms with Crippen molar-refractivity contribution in [2.75, 3.05) is 29.6 Å². The van der Waals surface area contributed by atoms with Gasteiger partial charge in [0, 0.05) is 24.1 Å². The zero-order valence-corrected chi connectivity index (χ0v) is 14.4. The second-order valence-corrected chi connectivity index (χ2v) is 6.25. The number of ether oxygens (including phenoxy) is 1. The number of hydrogen-bond acceptors (Lipinski definition) is 4. The molecule has 1 aromatic heterocycles. The Kier molecular flexibility index (Phi) is 5.72. The molecule has 132 valence electrons. The zero-order valence-electron chi connectivity index (χ0n) is 14.4. The maximum absolute atomic E-state index is 12.1. The highest BCUT2D eigenvalue weighted by Gasteiger charge is 2.14. The van der Waals surface area contributed by atoms with Crippen molar-refractivity contribution >= 4 is 23.1 Å². The number of carbonyl (C=O) groups is 1. The van der Waals surface area contributed by atoms with E-state index in [0.29, 0.717) is 11.6 Å². The molecule has 0 unspecified atom stereocenters. The molecule has 0 spiro atoms. The lowest BCUT2D eigenvalue weighted by Crippen LogP contribution is -2.20. The Bertz CT molecular complexity index is 697. The first-order valence-corrected chi connectivity index (χ1v) is 8.65. The highest BCUT2D eigenvalue weighted by Crippen LogP contribution is 2.25. The van der Waals surface area contributed by atoms with Crippen molar-refractivity contribution in [3.63, 3.8) is 0 Å². The van der Waals surface area contributed by atoms with Crippen LogP contribution in [0.15, 0.2) is 42.6 Å². The number of amides is 2. The predicted molar refractivity (Wildman–Crippen MR) is 100 cm³/mol. The van der Waals surface area contributed by atoms with Crippen molar-refractivity contribution < 1.29 is 9.53 Å². The van der Waals surface area contributed by atoms with Gasteiger partial charge in [0.2, 0.25) is 5.88 Å². The van der Waals surface area contributed by atoms with Gasteiger partial charge in [-0.2, -0.15) is 0 Å². The zero-order chi connectivity index (χ0) is 17.5. The summed E-state index contributed by atoms with van der Waals surface area (Å²) in [6.07, 6.45) is 6.96. The second-order valence-electron chi connectivity index (χ2n) is 6.25. The standard InChI is InChI=1S/C19H24N4O2/c1-25-18-17(7-4-12-20-18)23-19(24)22-16-10-8-15(9-11-16)21-13-14-5-2-3-6-14/h4,7-12,14,21H,2-3,5-6,13H2,1H3,(H2,22,23,24). The fourth-order valence-corrected chi connectivity index (χ4v) is 3.08. The number of nitrogens with zero attached hydrogens (tertiary/aromatic N) is 1. The monoisotopic (exact) mass is 340 g/mol. The summed E-state index contributed by atoms with van der Waals surface area (Å²) < 4.78 is 5.12. The third kappa shape index (κ3) is 4.86. The molecule has 2 amide bonds. The smallest absolute Gasteiger partial charge is 0.323 e. The van der Waals surface area contributed by atoms with Crippen LogP contribution in [0.2, 0.25) is 0 Å². The number of nitrogens with one attached hydrogen (secondary N) is 3. The summed E-state index contributed by atoms with van der Waals surface area (Å²) in [4.78, 5) is 16.2. The van der Waals surface area contributed by atoms with Crippen molar-refractivity contribution in [3.05, 3.63) is 42.6 Å². The number of carbonyl (C=O) groups excluding carboxylic acids is 1. The van der Waals surface area contributed by atoms with Gasteiger partial charge in [-0.25, -0.2) is 9.78 Å². The Hall–Kier alpha value is -2.76. The van der Waals surface area contributed by atoms with Crippen LogP contribution in [0.25, 0.3) is 0 Å². The molecule has 6 heteroatoms. The van der Waals surface area contributed by atoms with E-state index >= 15 is 0 Å². The normalized spacial score (nSPS) is 14.1. The summed E-state index contributed by atoms with van der Waals surface area (Å²) in [7, 11) is 1.52. The molecular weight excluding hydrogens is 316 g/mol. The van der Waals surface area contributed by atoms with Crippen molar-refractivity contribution in [1.29, 1.82) is 0 Å². The van der Waals surface area contributed by atoms with Gasteiger partial charge >= 0.3 is 6.03 Å². The van der Waals surface area contributed by atoms with Gasteiger partial charge in [0.1, 0.15) is 5.69 Å². The number of aromatic nitrogens is 1. The minimum Gasteiger partial charge on any atom is -0.480 e. The van der Waals surface area contributed by atoms with Crippen LogP contribution in [0.5, 0.6) is 5.88 Å². The van der Waals surface area contributed by atoms with Crippen molar-refractivity contribution in [1.82, 2.24) is 4.98 Å². The molecule has 1 fully saturated rings. The number of pyridine rings is 1. The van der Waals surface area contributed by atoms with Gasteiger partial charge in [0.25, 0.3) is 0 Å². The third-order valence-electron chi connectivity index (χ3n) is 4.43. The van der Waals surface area contributed by atoms with Crippen LogP contribution in [0.3, 0.4) is 0 Å². The molecule has 6 nitrogen and oxygen atoms in total. The minimum atomic E-state index is -0.335. The second kappa shape index (κ2) is 8.37. The molecule has 3 N–H and O–H groups in total. The molecule has 0 saturated heterocycles. The Labute approximate surface area is 148 Å². The van der Waals surface area contributed by atoms with Crippen LogP contribution in [0.1, 0.15) is 25.7 Å². The van der Waals surface area contributed by atoms with E-state index in [0.717, 1.165) is 23.8 Å². The minimum absolute atomic E-state index is 0.335. The van der Waals surface area contributed by atoms with E-state index in [2.05, 4.69) is 20.9 Å². The van der Waals surface area contributed by atoms with Gasteiger partial charge in [-0.15, -0.1) is 0 Å². The quantitative estimate of drug-likeness (QED) is 0.731. The van der Waals surface area contributed by atoms with E-state index in [-0.39, 0.29) is 6.03 Å². The largest absolute Gasteiger partial charge is 0.480 e. The van der Waals surface area contributed by atoms with E-state index in [4.69, 9.17) is 4.74 Å². The lowest BCUT2D eigenvalue weighted by Gasteiger charge is -2.13. The Balaban J connectivity index is 1.51. The SMILES string of the molecule is COc1ncccc1NC(=O)Nc1ccc(NCC2CCCC2)cc1. The number of hydrogen-bond donors (Lipinski definition) is 3. The van der Waals surface area contributed by atoms with Crippen molar-refractivity contribution in [2.45, 2.75) is 25.7 Å². The van der Waals surface area contributed by atoms with Gasteiger partial charge in [0.05, 0.1) is 7.11 Å². The molecule has 1 aromatic carbocycles. The summed E-state index contributed by atoms with van der Waals surface area (Å²) >= 11 is 0.